The Kier molecular flexibility index (Phi) is 20.4. The minimum absolute atomic E-state index is 0.0980. The predicted octanol–water partition coefficient (Wildman–Crippen LogP) is 9.27. The van der Waals surface area contributed by atoms with Gasteiger partial charge < -0.3 is 14.2 Å². The first-order chi connectivity index (χ1) is 16.6. The van der Waals surface area contributed by atoms with Crippen molar-refractivity contribution in [3.8, 4) is 0 Å². The molecule has 198 valence electrons. The zero-order valence-corrected chi connectivity index (χ0v) is 23.3. The molecule has 0 bridgehead atoms. The van der Waals surface area contributed by atoms with Gasteiger partial charge in [0.2, 0.25) is 0 Å². The Hall–Kier alpha value is -0.380. The first-order valence-electron chi connectivity index (χ1n) is 13.7. The fourth-order valence-corrected chi connectivity index (χ4v) is 5.50. The van der Waals surface area contributed by atoms with Gasteiger partial charge in [-0.1, -0.05) is 127 Å². The van der Waals surface area contributed by atoms with Crippen LogP contribution >= 0.6 is 19.2 Å². The van der Waals surface area contributed by atoms with Gasteiger partial charge in [-0.15, -0.1) is 11.6 Å². The van der Waals surface area contributed by atoms with Crippen LogP contribution in [0.3, 0.4) is 0 Å². The van der Waals surface area contributed by atoms with Crippen LogP contribution in [0.5, 0.6) is 0 Å². The number of hydrogen-bond acceptors (Lipinski definition) is 3. The van der Waals surface area contributed by atoms with E-state index in [2.05, 4.69) is 6.92 Å². The molecule has 2 unspecified atom stereocenters. The van der Waals surface area contributed by atoms with Crippen molar-refractivity contribution in [1.82, 2.24) is 0 Å². The van der Waals surface area contributed by atoms with Crippen LogP contribution in [0, 0.1) is 0 Å². The monoisotopic (exact) mass is 516 g/mol. The van der Waals surface area contributed by atoms with Crippen LogP contribution in [-0.4, -0.2) is 29.6 Å². The molecule has 0 aliphatic heterocycles. The standard InChI is InChI=1S/C28H50ClO4P/c1-2-3-4-5-6-7-8-9-10-11-12-13-14-18-22-28(26-33-34(30,31)24-19-23-29)32-25-27-20-16-15-17-21-27/h15-17,20-21,28H,2-14,18-19,22-26H2,1H3,(H,30,31). The molecule has 1 aromatic rings. The first-order valence-corrected chi connectivity index (χ1v) is 16.0. The number of hydrogen-bond donors (Lipinski definition) is 1. The van der Waals surface area contributed by atoms with E-state index >= 15 is 0 Å². The van der Waals surface area contributed by atoms with Crippen LogP contribution in [-0.2, 0) is 20.4 Å². The molecule has 4 nitrogen and oxygen atoms in total. The Balaban J connectivity index is 2.16. The van der Waals surface area contributed by atoms with Gasteiger partial charge in [-0.05, 0) is 18.4 Å². The molecule has 0 aliphatic carbocycles. The number of halogens is 1. The van der Waals surface area contributed by atoms with E-state index in [9.17, 15) is 9.46 Å². The Labute approximate surface area is 214 Å². The predicted molar refractivity (Wildman–Crippen MR) is 146 cm³/mol. The summed E-state index contributed by atoms with van der Waals surface area (Å²) in [5, 5.41) is 0. The lowest BCUT2D eigenvalue weighted by Gasteiger charge is -2.20. The molecular weight excluding hydrogens is 467 g/mol. The molecule has 2 atom stereocenters. The van der Waals surface area contributed by atoms with Gasteiger partial charge in [0.05, 0.1) is 25.5 Å². The summed E-state index contributed by atoms with van der Waals surface area (Å²) in [6.45, 7) is 2.92. The second-order valence-corrected chi connectivity index (χ2v) is 11.9. The summed E-state index contributed by atoms with van der Waals surface area (Å²) in [5.41, 5.74) is 1.10. The van der Waals surface area contributed by atoms with E-state index in [1.165, 1.54) is 83.5 Å². The topological polar surface area (TPSA) is 55.8 Å². The third kappa shape index (κ3) is 18.9. The molecule has 0 amide bonds. The van der Waals surface area contributed by atoms with Crippen molar-refractivity contribution in [2.45, 2.75) is 122 Å². The van der Waals surface area contributed by atoms with E-state index in [0.29, 0.717) is 18.9 Å². The normalized spacial score (nSPS) is 14.2. The van der Waals surface area contributed by atoms with Gasteiger partial charge >= 0.3 is 7.60 Å². The minimum atomic E-state index is -3.60. The van der Waals surface area contributed by atoms with Crippen molar-refractivity contribution >= 4 is 19.2 Å². The fraction of sp³-hybridized carbons (Fsp3) is 0.786. The van der Waals surface area contributed by atoms with Gasteiger partial charge in [-0.3, -0.25) is 4.57 Å². The van der Waals surface area contributed by atoms with Crippen LogP contribution in [0.2, 0.25) is 0 Å². The quantitative estimate of drug-likeness (QED) is 0.0844. The molecule has 1 N–H and O–H groups in total. The van der Waals surface area contributed by atoms with Gasteiger partial charge in [-0.25, -0.2) is 0 Å². The molecule has 0 spiro atoms. The molecule has 1 rings (SSSR count). The van der Waals surface area contributed by atoms with Crippen LogP contribution in [0.1, 0.15) is 115 Å². The van der Waals surface area contributed by atoms with E-state index in [0.717, 1.165) is 18.4 Å². The SMILES string of the molecule is CCCCCCCCCCCCCCCCC(COP(=O)(O)CCCCl)OCc1ccccc1. The molecule has 1 aromatic carbocycles. The largest absolute Gasteiger partial charge is 0.371 e. The molecule has 0 heterocycles. The number of rotatable bonds is 24. The average Bonchev–Trinajstić information content (AvgIpc) is 2.84. The van der Waals surface area contributed by atoms with Gasteiger partial charge in [0, 0.05) is 5.88 Å². The van der Waals surface area contributed by atoms with Crippen molar-refractivity contribution < 1.29 is 18.7 Å². The maximum atomic E-state index is 12.2. The number of ether oxygens (including phenoxy) is 1. The lowest BCUT2D eigenvalue weighted by Crippen LogP contribution is -2.20. The van der Waals surface area contributed by atoms with Crippen LogP contribution in [0.4, 0.5) is 0 Å². The van der Waals surface area contributed by atoms with Gasteiger partial charge in [0.25, 0.3) is 0 Å². The van der Waals surface area contributed by atoms with Gasteiger partial charge in [0.1, 0.15) is 0 Å². The zero-order chi connectivity index (χ0) is 24.7. The highest BCUT2D eigenvalue weighted by molar-refractivity contribution is 7.52. The molecule has 0 radical (unpaired) electrons. The summed E-state index contributed by atoms with van der Waals surface area (Å²) in [4.78, 5) is 9.99. The molecule has 0 fully saturated rings. The van der Waals surface area contributed by atoms with Crippen LogP contribution in [0.25, 0.3) is 0 Å². The molecule has 6 heteroatoms. The third-order valence-electron chi connectivity index (χ3n) is 6.24. The second-order valence-electron chi connectivity index (χ2n) is 9.50. The molecule has 0 aliphatic rings. The number of alkyl halides is 1. The maximum Gasteiger partial charge on any atom is 0.328 e. The van der Waals surface area contributed by atoms with Crippen LogP contribution < -0.4 is 0 Å². The third-order valence-corrected chi connectivity index (χ3v) is 7.95. The first kappa shape index (κ1) is 31.6. The molecule has 34 heavy (non-hydrogen) atoms. The summed E-state index contributed by atoms with van der Waals surface area (Å²) >= 11 is 5.65. The molecule has 0 saturated heterocycles. The molecule has 0 aromatic heterocycles. The van der Waals surface area contributed by atoms with Crippen molar-refractivity contribution in [2.75, 3.05) is 18.6 Å². The summed E-state index contributed by atoms with van der Waals surface area (Å²) in [6, 6.07) is 10.0. The van der Waals surface area contributed by atoms with Crippen LogP contribution in [0.15, 0.2) is 30.3 Å². The Bertz CT molecular complexity index is 614. The van der Waals surface area contributed by atoms with E-state index in [4.69, 9.17) is 20.9 Å². The number of benzene rings is 1. The molecular formula is C28H50ClO4P. The van der Waals surface area contributed by atoms with Gasteiger partial charge in [-0.2, -0.15) is 0 Å². The van der Waals surface area contributed by atoms with E-state index < -0.39 is 7.60 Å². The summed E-state index contributed by atoms with van der Waals surface area (Å²) < 4.78 is 23.6. The van der Waals surface area contributed by atoms with Crippen molar-refractivity contribution in [2.24, 2.45) is 0 Å². The van der Waals surface area contributed by atoms with Crippen molar-refractivity contribution in [3.63, 3.8) is 0 Å². The van der Waals surface area contributed by atoms with Crippen molar-refractivity contribution in [1.29, 1.82) is 0 Å². The highest BCUT2D eigenvalue weighted by Crippen LogP contribution is 2.42. The second kappa shape index (κ2) is 21.9. The minimum Gasteiger partial charge on any atom is -0.371 e. The van der Waals surface area contributed by atoms with Crippen molar-refractivity contribution in [3.05, 3.63) is 35.9 Å². The summed E-state index contributed by atoms with van der Waals surface area (Å²) in [7, 11) is -3.60. The maximum absolute atomic E-state index is 12.2. The highest BCUT2D eigenvalue weighted by atomic mass is 35.5. The zero-order valence-electron chi connectivity index (χ0n) is 21.6. The smallest absolute Gasteiger partial charge is 0.328 e. The summed E-state index contributed by atoms with van der Waals surface area (Å²) in [6.07, 6.45) is 19.9. The van der Waals surface area contributed by atoms with E-state index in [1.807, 2.05) is 30.3 Å². The Morgan fingerprint density at radius 1 is 0.824 bits per heavy atom. The average molecular weight is 517 g/mol. The fourth-order valence-electron chi connectivity index (χ4n) is 4.09. The Morgan fingerprint density at radius 2 is 1.35 bits per heavy atom. The van der Waals surface area contributed by atoms with Gasteiger partial charge in [0.15, 0.2) is 0 Å². The summed E-state index contributed by atoms with van der Waals surface area (Å²) in [5.74, 6) is 0.362. The highest BCUT2D eigenvalue weighted by Gasteiger charge is 2.21. The molecule has 0 saturated carbocycles. The van der Waals surface area contributed by atoms with E-state index in [-0.39, 0.29) is 18.9 Å². The van der Waals surface area contributed by atoms with E-state index in [1.54, 1.807) is 0 Å². The number of unbranched alkanes of at least 4 members (excludes halogenated alkanes) is 13. The lowest BCUT2D eigenvalue weighted by molar-refractivity contribution is 0.000780. The lowest BCUT2D eigenvalue weighted by atomic mass is 10.0. The Morgan fingerprint density at radius 3 is 1.88 bits per heavy atom.